The smallest absolute Gasteiger partial charge is 0.146 e. The van der Waals surface area contributed by atoms with Gasteiger partial charge in [-0.25, -0.2) is 4.39 Å². The van der Waals surface area contributed by atoms with E-state index < -0.39 is 0 Å². The van der Waals surface area contributed by atoms with E-state index in [2.05, 4.69) is 58.9 Å². The van der Waals surface area contributed by atoms with Gasteiger partial charge in [-0.15, -0.1) is 0 Å². The fourth-order valence-corrected chi connectivity index (χ4v) is 2.86. The van der Waals surface area contributed by atoms with Crippen molar-refractivity contribution >= 4 is 22.6 Å². The van der Waals surface area contributed by atoms with Crippen molar-refractivity contribution in [2.24, 2.45) is 0 Å². The molecule has 0 radical (unpaired) electrons. The molecule has 4 heteroatoms. The summed E-state index contributed by atoms with van der Waals surface area (Å²) in [4.78, 5) is 3.84. The molecule has 0 bridgehead atoms. The second-order valence-corrected chi connectivity index (χ2v) is 5.84. The highest BCUT2D eigenvalue weighted by Gasteiger charge is 2.20. The largest absolute Gasteiger partial charge is 0.306 e. The van der Waals surface area contributed by atoms with Crippen LogP contribution in [-0.2, 0) is 0 Å². The molecule has 2 aromatic rings. The number of hydrogen-bond acceptors (Lipinski definition) is 2. The normalized spacial score (nSPS) is 12.4. The van der Waals surface area contributed by atoms with Gasteiger partial charge >= 0.3 is 0 Å². The first-order chi connectivity index (χ1) is 9.65. The Hall–Kier alpha value is -1.01. The molecule has 106 valence electrons. The molecule has 0 spiro atoms. The van der Waals surface area contributed by atoms with Crippen molar-refractivity contribution in [2.45, 2.75) is 26.3 Å². The van der Waals surface area contributed by atoms with Crippen LogP contribution in [0.2, 0.25) is 0 Å². The summed E-state index contributed by atoms with van der Waals surface area (Å²) >= 11 is 2.33. The number of halogens is 2. The van der Waals surface area contributed by atoms with E-state index in [-0.39, 0.29) is 11.9 Å². The van der Waals surface area contributed by atoms with Crippen LogP contribution in [0.15, 0.2) is 36.7 Å². The number of aryl methyl sites for hydroxylation is 1. The van der Waals surface area contributed by atoms with E-state index in [0.717, 1.165) is 18.5 Å². The van der Waals surface area contributed by atoms with Crippen LogP contribution in [0.4, 0.5) is 4.39 Å². The van der Waals surface area contributed by atoms with Crippen LogP contribution in [0.25, 0.3) is 0 Å². The van der Waals surface area contributed by atoms with Crippen molar-refractivity contribution in [1.29, 1.82) is 0 Å². The fraction of sp³-hybridized carbons (Fsp3) is 0.312. The highest BCUT2D eigenvalue weighted by molar-refractivity contribution is 14.1. The molecule has 0 aliphatic heterocycles. The summed E-state index contributed by atoms with van der Waals surface area (Å²) in [6.07, 6.45) is 3.92. The van der Waals surface area contributed by atoms with Gasteiger partial charge in [-0.2, -0.15) is 0 Å². The number of nitrogens with one attached hydrogen (secondary N) is 1. The number of nitrogens with zero attached hydrogens (tertiary/aromatic N) is 1. The Morgan fingerprint density at radius 3 is 2.80 bits per heavy atom. The van der Waals surface area contributed by atoms with E-state index in [1.54, 1.807) is 12.3 Å². The van der Waals surface area contributed by atoms with Gasteiger partial charge in [0.25, 0.3) is 0 Å². The van der Waals surface area contributed by atoms with E-state index in [0.29, 0.717) is 5.56 Å². The molecule has 1 atom stereocenters. The van der Waals surface area contributed by atoms with Crippen molar-refractivity contribution < 1.29 is 4.39 Å². The van der Waals surface area contributed by atoms with Crippen LogP contribution in [0.5, 0.6) is 0 Å². The van der Waals surface area contributed by atoms with Crippen molar-refractivity contribution in [1.82, 2.24) is 10.3 Å². The molecule has 0 aliphatic carbocycles. The van der Waals surface area contributed by atoms with E-state index in [9.17, 15) is 4.39 Å². The second kappa shape index (κ2) is 7.13. The van der Waals surface area contributed by atoms with Crippen LogP contribution < -0.4 is 5.32 Å². The van der Waals surface area contributed by atoms with E-state index in [1.165, 1.54) is 15.3 Å². The van der Waals surface area contributed by atoms with Crippen LogP contribution in [0, 0.1) is 16.3 Å². The lowest BCUT2D eigenvalue weighted by Gasteiger charge is -2.22. The van der Waals surface area contributed by atoms with Crippen LogP contribution in [0.1, 0.15) is 36.1 Å². The van der Waals surface area contributed by atoms with Gasteiger partial charge in [-0.05, 0) is 59.7 Å². The first-order valence-electron chi connectivity index (χ1n) is 6.73. The molecular weight excluding hydrogens is 366 g/mol. The molecule has 1 N–H and O–H groups in total. The third kappa shape index (κ3) is 3.35. The molecule has 0 aliphatic rings. The topological polar surface area (TPSA) is 24.9 Å². The first-order valence-corrected chi connectivity index (χ1v) is 7.80. The van der Waals surface area contributed by atoms with Gasteiger partial charge < -0.3 is 5.32 Å². The summed E-state index contributed by atoms with van der Waals surface area (Å²) in [5.41, 5.74) is 2.97. The predicted molar refractivity (Wildman–Crippen MR) is 88.2 cm³/mol. The summed E-state index contributed by atoms with van der Waals surface area (Å²) in [5.74, 6) is -0.265. The minimum absolute atomic E-state index is 0.134. The molecule has 0 saturated heterocycles. The Labute approximate surface area is 133 Å². The molecule has 2 rings (SSSR count). The zero-order valence-corrected chi connectivity index (χ0v) is 13.8. The monoisotopic (exact) mass is 384 g/mol. The zero-order chi connectivity index (χ0) is 14.5. The van der Waals surface area contributed by atoms with Crippen molar-refractivity contribution in [3.8, 4) is 0 Å². The number of aromatic nitrogens is 1. The molecule has 0 saturated carbocycles. The van der Waals surface area contributed by atoms with Crippen molar-refractivity contribution in [3.63, 3.8) is 0 Å². The minimum atomic E-state index is -0.265. The predicted octanol–water partition coefficient (Wildman–Crippen LogP) is 4.22. The van der Waals surface area contributed by atoms with E-state index >= 15 is 0 Å². The van der Waals surface area contributed by atoms with Gasteiger partial charge in [0, 0.05) is 15.3 Å². The quantitative estimate of drug-likeness (QED) is 0.781. The third-order valence-corrected chi connectivity index (χ3v) is 4.72. The number of hydrogen-bond donors (Lipinski definition) is 1. The summed E-state index contributed by atoms with van der Waals surface area (Å²) in [6.45, 7) is 5.02. The van der Waals surface area contributed by atoms with Gasteiger partial charge in [-0.1, -0.05) is 25.1 Å². The minimum Gasteiger partial charge on any atom is -0.306 e. The Balaban J connectivity index is 2.47. The molecule has 20 heavy (non-hydrogen) atoms. The Morgan fingerprint density at radius 1 is 1.30 bits per heavy atom. The summed E-state index contributed by atoms with van der Waals surface area (Å²) in [7, 11) is 0. The third-order valence-electron chi connectivity index (χ3n) is 3.25. The van der Waals surface area contributed by atoms with Gasteiger partial charge in [0.1, 0.15) is 5.82 Å². The van der Waals surface area contributed by atoms with Crippen LogP contribution in [0.3, 0.4) is 0 Å². The maximum atomic E-state index is 14.1. The standard InChI is InChI=1S/C16H18FIN2/c1-3-8-20-16(12-7-9-19-10-14(12)17)13-6-4-5-11(2)15(13)18/h4-7,9-10,16,20H,3,8H2,1-2H3. The van der Waals surface area contributed by atoms with Crippen molar-refractivity contribution in [2.75, 3.05) is 6.54 Å². The molecular formula is C16H18FIN2. The molecule has 1 aromatic heterocycles. The van der Waals surface area contributed by atoms with Crippen LogP contribution >= 0.6 is 22.6 Å². The Kier molecular flexibility index (Phi) is 5.48. The Morgan fingerprint density at radius 2 is 2.10 bits per heavy atom. The molecule has 0 amide bonds. The molecule has 2 nitrogen and oxygen atoms in total. The second-order valence-electron chi connectivity index (χ2n) is 4.76. The summed E-state index contributed by atoms with van der Waals surface area (Å²) in [6, 6.07) is 7.77. The van der Waals surface area contributed by atoms with Gasteiger partial charge in [-0.3, -0.25) is 4.98 Å². The number of pyridine rings is 1. The average molecular weight is 384 g/mol. The SMILES string of the molecule is CCCNC(c1ccncc1F)c1cccc(C)c1I. The highest BCUT2D eigenvalue weighted by Crippen LogP contribution is 2.29. The van der Waals surface area contributed by atoms with Gasteiger partial charge in [0.2, 0.25) is 0 Å². The van der Waals surface area contributed by atoms with E-state index in [4.69, 9.17) is 0 Å². The molecule has 1 heterocycles. The maximum absolute atomic E-state index is 14.1. The summed E-state index contributed by atoms with van der Waals surface area (Å²) in [5, 5.41) is 3.44. The lowest BCUT2D eigenvalue weighted by Crippen LogP contribution is -2.25. The maximum Gasteiger partial charge on any atom is 0.146 e. The first kappa shape index (κ1) is 15.4. The average Bonchev–Trinajstić information content (AvgIpc) is 2.45. The number of rotatable bonds is 5. The molecule has 1 unspecified atom stereocenters. The Bertz CT molecular complexity index is 586. The molecule has 1 aromatic carbocycles. The van der Waals surface area contributed by atoms with Crippen molar-refractivity contribution in [3.05, 3.63) is 62.7 Å². The molecule has 0 fully saturated rings. The lowest BCUT2D eigenvalue weighted by molar-refractivity contribution is 0.542. The fourth-order valence-electron chi connectivity index (χ4n) is 2.19. The van der Waals surface area contributed by atoms with E-state index in [1.807, 2.05) is 6.07 Å². The van der Waals surface area contributed by atoms with Crippen LogP contribution in [-0.4, -0.2) is 11.5 Å². The zero-order valence-electron chi connectivity index (χ0n) is 11.7. The highest BCUT2D eigenvalue weighted by atomic mass is 127. The summed E-state index contributed by atoms with van der Waals surface area (Å²) < 4.78 is 15.3. The van der Waals surface area contributed by atoms with Gasteiger partial charge in [0.05, 0.1) is 12.2 Å². The van der Waals surface area contributed by atoms with Gasteiger partial charge in [0.15, 0.2) is 0 Å². The number of benzene rings is 1. The lowest BCUT2D eigenvalue weighted by atomic mass is 9.97.